The Balaban J connectivity index is 1.45. The second-order valence-corrected chi connectivity index (χ2v) is 8.65. The molecule has 27 heavy (non-hydrogen) atoms. The van der Waals surface area contributed by atoms with Crippen molar-refractivity contribution in [1.82, 2.24) is 15.2 Å². The zero-order valence-electron chi connectivity index (χ0n) is 15.9. The first kappa shape index (κ1) is 20.0. The number of piperidine rings is 1. The summed E-state index contributed by atoms with van der Waals surface area (Å²) in [6.07, 6.45) is 3.76. The first-order valence-electron chi connectivity index (χ1n) is 9.65. The Kier molecular flexibility index (Phi) is 7.01. The fraction of sp³-hybridized carbons (Fsp3) is 0.550. The average Bonchev–Trinajstić information content (AvgIpc) is 3.35. The lowest BCUT2D eigenvalue weighted by Gasteiger charge is -2.34. The highest BCUT2D eigenvalue weighted by Gasteiger charge is 2.27. The summed E-state index contributed by atoms with van der Waals surface area (Å²) in [5.74, 6) is 0.424. The fourth-order valence-corrected chi connectivity index (χ4v) is 5.02. The molecule has 0 spiro atoms. The van der Waals surface area contributed by atoms with E-state index in [0.29, 0.717) is 6.42 Å². The molecule has 1 fully saturated rings. The van der Waals surface area contributed by atoms with Crippen molar-refractivity contribution in [2.75, 3.05) is 13.1 Å². The van der Waals surface area contributed by atoms with Crippen molar-refractivity contribution in [3.05, 3.63) is 27.9 Å². The minimum Gasteiger partial charge on any atom is -0.353 e. The summed E-state index contributed by atoms with van der Waals surface area (Å²) >= 11 is 3.22. The normalized spacial score (nSPS) is 15.3. The first-order chi connectivity index (χ1) is 13.1. The van der Waals surface area contributed by atoms with Gasteiger partial charge in [0, 0.05) is 41.4 Å². The molecule has 0 unspecified atom stereocenters. The molecular weight excluding hydrogens is 378 g/mol. The number of thiazole rings is 1. The van der Waals surface area contributed by atoms with Gasteiger partial charge >= 0.3 is 0 Å². The third-order valence-corrected chi connectivity index (χ3v) is 6.79. The van der Waals surface area contributed by atoms with Crippen molar-refractivity contribution in [3.63, 3.8) is 0 Å². The van der Waals surface area contributed by atoms with Gasteiger partial charge < -0.3 is 10.2 Å². The van der Waals surface area contributed by atoms with Crippen molar-refractivity contribution >= 4 is 34.5 Å². The zero-order valence-corrected chi connectivity index (χ0v) is 17.6. The lowest BCUT2D eigenvalue weighted by molar-refractivity contribution is -0.137. The molecule has 3 rings (SSSR count). The van der Waals surface area contributed by atoms with Gasteiger partial charge in [-0.1, -0.05) is 13.8 Å². The monoisotopic (exact) mass is 405 g/mol. The highest BCUT2D eigenvalue weighted by atomic mass is 32.1. The highest BCUT2D eigenvalue weighted by molar-refractivity contribution is 7.14. The minimum atomic E-state index is 0.0157. The van der Waals surface area contributed by atoms with E-state index in [0.717, 1.165) is 55.0 Å². The number of aromatic nitrogens is 1. The summed E-state index contributed by atoms with van der Waals surface area (Å²) in [6, 6.07) is 2.20. The van der Waals surface area contributed by atoms with Crippen LogP contribution in [-0.4, -0.2) is 40.8 Å². The van der Waals surface area contributed by atoms with Crippen molar-refractivity contribution < 1.29 is 9.59 Å². The standard InChI is InChI=1S/C20H27N3O2S2/c1-3-14(4-2)20(25)23-8-5-16(6-9-23)21-18(24)11-17-13-27-19(22-17)15-7-10-26-12-15/h7,10,12-14,16H,3-6,8-9,11H2,1-2H3,(H,21,24). The molecule has 1 saturated heterocycles. The second kappa shape index (κ2) is 9.46. The number of nitrogens with zero attached hydrogens (tertiary/aromatic N) is 2. The Hall–Kier alpha value is -1.73. The maximum Gasteiger partial charge on any atom is 0.226 e. The number of thiophene rings is 1. The molecule has 0 saturated carbocycles. The maximum absolute atomic E-state index is 12.5. The molecule has 146 valence electrons. The number of likely N-dealkylation sites (tertiary alicyclic amines) is 1. The van der Waals surface area contributed by atoms with Gasteiger partial charge in [-0.3, -0.25) is 9.59 Å². The SMILES string of the molecule is CCC(CC)C(=O)N1CCC(NC(=O)Cc2csc(-c3ccsc3)n2)CC1. The van der Waals surface area contributed by atoms with Gasteiger partial charge in [0.1, 0.15) is 5.01 Å². The molecular formula is C20H27N3O2S2. The second-order valence-electron chi connectivity index (χ2n) is 7.01. The van der Waals surface area contributed by atoms with Crippen molar-refractivity contribution in [1.29, 1.82) is 0 Å². The van der Waals surface area contributed by atoms with E-state index in [1.807, 2.05) is 21.7 Å². The van der Waals surface area contributed by atoms with E-state index in [2.05, 4.69) is 29.5 Å². The third kappa shape index (κ3) is 5.17. The van der Waals surface area contributed by atoms with E-state index in [1.54, 1.807) is 22.7 Å². The zero-order chi connectivity index (χ0) is 19.2. The summed E-state index contributed by atoms with van der Waals surface area (Å²) in [6.45, 7) is 5.61. The third-order valence-electron chi connectivity index (χ3n) is 5.17. The van der Waals surface area contributed by atoms with Gasteiger partial charge in [0.2, 0.25) is 11.8 Å². The maximum atomic E-state index is 12.5. The summed E-state index contributed by atoms with van der Waals surface area (Å²) in [7, 11) is 0. The van der Waals surface area contributed by atoms with E-state index in [-0.39, 0.29) is 23.8 Å². The van der Waals surface area contributed by atoms with Crippen LogP contribution in [0.25, 0.3) is 10.6 Å². The number of carbonyl (C=O) groups excluding carboxylic acids is 2. The average molecular weight is 406 g/mol. The Bertz CT molecular complexity index is 745. The molecule has 0 radical (unpaired) electrons. The van der Waals surface area contributed by atoms with Crippen molar-refractivity contribution in [2.24, 2.45) is 5.92 Å². The molecule has 0 atom stereocenters. The van der Waals surface area contributed by atoms with Crippen molar-refractivity contribution in [2.45, 2.75) is 52.0 Å². The van der Waals surface area contributed by atoms with Crippen LogP contribution in [0.5, 0.6) is 0 Å². The molecule has 7 heteroatoms. The van der Waals surface area contributed by atoms with E-state index in [9.17, 15) is 9.59 Å². The molecule has 2 amide bonds. The molecule has 2 aromatic rings. The van der Waals surface area contributed by atoms with Crippen LogP contribution < -0.4 is 5.32 Å². The van der Waals surface area contributed by atoms with E-state index in [4.69, 9.17) is 0 Å². The topological polar surface area (TPSA) is 62.3 Å². The summed E-state index contributed by atoms with van der Waals surface area (Å²) in [5, 5.41) is 10.1. The Labute approximate surface area is 168 Å². The van der Waals surface area contributed by atoms with Gasteiger partial charge in [0.05, 0.1) is 12.1 Å². The molecule has 3 heterocycles. The van der Waals surface area contributed by atoms with Gasteiger partial charge in [-0.25, -0.2) is 4.98 Å². The van der Waals surface area contributed by atoms with Crippen LogP contribution in [0.2, 0.25) is 0 Å². The molecule has 2 aromatic heterocycles. The van der Waals surface area contributed by atoms with E-state index < -0.39 is 0 Å². The van der Waals surface area contributed by atoms with Crippen LogP contribution >= 0.6 is 22.7 Å². The number of nitrogens with one attached hydrogen (secondary N) is 1. The first-order valence-corrected chi connectivity index (χ1v) is 11.5. The molecule has 1 N–H and O–H groups in total. The number of hydrogen-bond donors (Lipinski definition) is 1. The predicted octanol–water partition coefficient (Wildman–Crippen LogP) is 3.96. The van der Waals surface area contributed by atoms with E-state index in [1.165, 1.54) is 0 Å². The minimum absolute atomic E-state index is 0.0157. The van der Waals surface area contributed by atoms with Crippen LogP contribution in [0, 0.1) is 5.92 Å². The summed E-state index contributed by atoms with van der Waals surface area (Å²) < 4.78 is 0. The van der Waals surface area contributed by atoms with Gasteiger partial charge in [-0.2, -0.15) is 11.3 Å². The molecule has 1 aliphatic heterocycles. The Morgan fingerprint density at radius 2 is 2.00 bits per heavy atom. The van der Waals surface area contributed by atoms with Crippen LogP contribution in [0.15, 0.2) is 22.2 Å². The van der Waals surface area contributed by atoms with Gasteiger partial charge in [0.25, 0.3) is 0 Å². The van der Waals surface area contributed by atoms with Gasteiger partial charge in [-0.05, 0) is 37.1 Å². The molecule has 5 nitrogen and oxygen atoms in total. The smallest absolute Gasteiger partial charge is 0.226 e. The van der Waals surface area contributed by atoms with E-state index >= 15 is 0 Å². The molecule has 0 aromatic carbocycles. The van der Waals surface area contributed by atoms with Gasteiger partial charge in [-0.15, -0.1) is 11.3 Å². The molecule has 0 aliphatic carbocycles. The summed E-state index contributed by atoms with van der Waals surface area (Å²) in [4.78, 5) is 31.4. The summed E-state index contributed by atoms with van der Waals surface area (Å²) in [5.41, 5.74) is 1.94. The number of rotatable bonds is 7. The number of amides is 2. The van der Waals surface area contributed by atoms with Gasteiger partial charge in [0.15, 0.2) is 0 Å². The quantitative estimate of drug-likeness (QED) is 0.758. The molecule has 0 bridgehead atoms. The predicted molar refractivity (Wildman–Crippen MR) is 111 cm³/mol. The fourth-order valence-electron chi connectivity index (χ4n) is 3.49. The van der Waals surface area contributed by atoms with Crippen molar-refractivity contribution in [3.8, 4) is 10.6 Å². The Morgan fingerprint density at radius 1 is 1.26 bits per heavy atom. The van der Waals surface area contributed by atoms with Crippen LogP contribution in [-0.2, 0) is 16.0 Å². The lowest BCUT2D eigenvalue weighted by Crippen LogP contribution is -2.48. The van der Waals surface area contributed by atoms with Crippen LogP contribution in [0.1, 0.15) is 45.2 Å². The molecule has 1 aliphatic rings. The van der Waals surface area contributed by atoms with Crippen LogP contribution in [0.4, 0.5) is 0 Å². The highest BCUT2D eigenvalue weighted by Crippen LogP contribution is 2.26. The number of hydrogen-bond acceptors (Lipinski definition) is 5. The van der Waals surface area contributed by atoms with Crippen LogP contribution in [0.3, 0.4) is 0 Å². The Morgan fingerprint density at radius 3 is 2.63 bits per heavy atom. The largest absolute Gasteiger partial charge is 0.353 e. The number of carbonyl (C=O) groups is 2. The lowest BCUT2D eigenvalue weighted by atomic mass is 9.98.